The number of nitrogens with zero attached hydrogens (tertiary/aromatic N) is 2. The van der Waals surface area contributed by atoms with Crippen LogP contribution in [-0.2, 0) is 28.9 Å². The van der Waals surface area contributed by atoms with Gasteiger partial charge in [-0.05, 0) is 94.8 Å². The summed E-state index contributed by atoms with van der Waals surface area (Å²) in [6.45, 7) is 7.22. The molecule has 0 atom stereocenters. The molecule has 2 fully saturated rings. The minimum absolute atomic E-state index is 0.166. The fourth-order valence-electron chi connectivity index (χ4n) is 7.62. The molecule has 344 valence electrons. The average molecular weight is 905 g/mol. The molecule has 2 aliphatic rings. The van der Waals surface area contributed by atoms with Gasteiger partial charge in [-0.2, -0.15) is 13.2 Å². The second-order valence-electron chi connectivity index (χ2n) is 16.3. The highest BCUT2D eigenvalue weighted by atomic mass is 19.4. The molecule has 0 aliphatic carbocycles. The first-order valence-electron chi connectivity index (χ1n) is 21.1. The highest BCUT2D eigenvalue weighted by Crippen LogP contribution is 2.39. The van der Waals surface area contributed by atoms with Crippen LogP contribution in [-0.4, -0.2) is 91.0 Å². The van der Waals surface area contributed by atoms with Crippen molar-refractivity contribution in [1.82, 2.24) is 9.80 Å². The maximum atomic E-state index is 13.0. The zero-order valence-corrected chi connectivity index (χ0v) is 37.2. The lowest BCUT2D eigenvalue weighted by molar-refractivity contribution is -0.148. The highest BCUT2D eigenvalue weighted by molar-refractivity contribution is 6.09. The summed E-state index contributed by atoms with van der Waals surface area (Å²) in [6.07, 6.45) is -1.50. The van der Waals surface area contributed by atoms with E-state index < -0.39 is 23.7 Å². The zero-order valence-electron chi connectivity index (χ0n) is 37.2. The topological polar surface area (TPSA) is 143 Å². The molecule has 5 aromatic rings. The van der Waals surface area contributed by atoms with Crippen molar-refractivity contribution in [2.24, 2.45) is 11.8 Å². The molecule has 0 bridgehead atoms. The molecule has 0 unspecified atom stereocenters. The van der Waals surface area contributed by atoms with E-state index in [2.05, 4.69) is 9.80 Å². The van der Waals surface area contributed by atoms with Crippen molar-refractivity contribution < 1.29 is 56.8 Å². The van der Waals surface area contributed by atoms with Gasteiger partial charge in [-0.3, -0.25) is 29.0 Å². The molecule has 2 N–H and O–H groups in total. The normalized spacial score (nSPS) is 14.8. The summed E-state index contributed by atoms with van der Waals surface area (Å²) in [7, 11) is 4.54. The third-order valence-corrected chi connectivity index (χ3v) is 11.6. The predicted octanol–water partition coefficient (Wildman–Crippen LogP) is 9.69. The van der Waals surface area contributed by atoms with Gasteiger partial charge in [0, 0.05) is 50.4 Å². The number of carboxylic acids is 2. The summed E-state index contributed by atoms with van der Waals surface area (Å²) in [5.74, 6) is -1.17. The number of hydrogen-bond acceptors (Lipinski definition) is 9. The molecule has 11 nitrogen and oxygen atoms in total. The van der Waals surface area contributed by atoms with Crippen LogP contribution >= 0.6 is 0 Å². The molecule has 0 amide bonds. The lowest BCUT2D eigenvalue weighted by Gasteiger charge is -2.36. The van der Waals surface area contributed by atoms with Gasteiger partial charge in [0.15, 0.2) is 23.1 Å². The smallest absolute Gasteiger partial charge is 0.416 e. The molecule has 66 heavy (non-hydrogen) atoms. The number of aliphatic carboxylic acids is 2. The number of carbonyl (C=O) groups excluding carboxylic acids is 2. The molecule has 5 aromatic carbocycles. The minimum atomic E-state index is -4.44. The van der Waals surface area contributed by atoms with E-state index >= 15 is 0 Å². The molecule has 2 aliphatic heterocycles. The standard InChI is InChI=1S/C28H24F3NO3.C24H27NO6/c1-18(23-3-2-4-25(14-23)28(29,30)31)13-26(33)22-11-9-21(10-12-22)20-7-5-19(6-8-20)15-32-16-24(17-32)27(34)35;1-15(9-20(26)18-10-21(29-2)23(31-4)22(11-18)30-3)17-7-5-16(6-8-17)12-25-13-19(14-25)24(27)28/h2-14,24H,15-17H2,1H3,(H,34,35);5-11,19H,12-14H2,1-4H3,(H,27,28). The van der Waals surface area contributed by atoms with E-state index in [1.165, 1.54) is 33.5 Å². The highest BCUT2D eigenvalue weighted by Gasteiger charge is 2.33. The number of hydrogen-bond donors (Lipinski definition) is 2. The van der Waals surface area contributed by atoms with E-state index in [1.807, 2.05) is 67.6 Å². The first-order chi connectivity index (χ1) is 31.5. The van der Waals surface area contributed by atoms with E-state index in [4.69, 9.17) is 24.4 Å². The van der Waals surface area contributed by atoms with Gasteiger partial charge < -0.3 is 24.4 Å². The molecule has 0 aromatic heterocycles. The van der Waals surface area contributed by atoms with Crippen molar-refractivity contribution in [3.05, 3.63) is 160 Å². The van der Waals surface area contributed by atoms with Crippen molar-refractivity contribution in [3.8, 4) is 28.4 Å². The number of ketones is 2. The third-order valence-electron chi connectivity index (χ3n) is 11.6. The minimum Gasteiger partial charge on any atom is -0.493 e. The quantitative estimate of drug-likeness (QED) is 0.0722. The van der Waals surface area contributed by atoms with Crippen LogP contribution < -0.4 is 14.2 Å². The third kappa shape index (κ3) is 12.2. The van der Waals surface area contributed by atoms with Crippen molar-refractivity contribution in [1.29, 1.82) is 0 Å². The Bertz CT molecular complexity index is 2580. The summed E-state index contributed by atoms with van der Waals surface area (Å²) in [5.41, 5.74) is 6.84. The first kappa shape index (κ1) is 48.4. The molecular formula is C52H51F3N2O9. The van der Waals surface area contributed by atoms with Gasteiger partial charge in [0.1, 0.15) is 0 Å². The van der Waals surface area contributed by atoms with Crippen molar-refractivity contribution in [3.63, 3.8) is 0 Å². The lowest BCUT2D eigenvalue weighted by atomic mass is 9.98. The van der Waals surface area contributed by atoms with E-state index in [1.54, 1.807) is 43.3 Å². The molecule has 2 heterocycles. The number of halogens is 3. The Morgan fingerprint density at radius 2 is 1.00 bits per heavy atom. The van der Waals surface area contributed by atoms with Gasteiger partial charge in [-0.1, -0.05) is 84.9 Å². The van der Waals surface area contributed by atoms with Gasteiger partial charge in [0.2, 0.25) is 5.75 Å². The molecule has 7 rings (SSSR count). The number of likely N-dealkylation sites (tertiary alicyclic amines) is 2. The number of carboxylic acid groups (broad SMARTS) is 2. The van der Waals surface area contributed by atoms with Crippen LogP contribution in [0.2, 0.25) is 0 Å². The van der Waals surface area contributed by atoms with E-state index in [0.29, 0.717) is 72.2 Å². The van der Waals surface area contributed by atoms with Crippen LogP contribution in [0, 0.1) is 11.8 Å². The van der Waals surface area contributed by atoms with Gasteiger partial charge >= 0.3 is 18.1 Å². The van der Waals surface area contributed by atoms with Crippen LogP contribution in [0.1, 0.15) is 62.4 Å². The van der Waals surface area contributed by atoms with Crippen LogP contribution in [0.4, 0.5) is 13.2 Å². The first-order valence-corrected chi connectivity index (χ1v) is 21.1. The van der Waals surface area contributed by atoms with E-state index in [0.717, 1.165) is 52.1 Å². The van der Waals surface area contributed by atoms with Crippen LogP contribution in [0.15, 0.2) is 121 Å². The fraction of sp³-hybridized carbons (Fsp3) is 0.269. The van der Waals surface area contributed by atoms with Crippen molar-refractivity contribution in [2.75, 3.05) is 47.5 Å². The number of methoxy groups -OCH3 is 3. The number of alkyl halides is 3. The summed E-state index contributed by atoms with van der Waals surface area (Å²) < 4.78 is 54.8. The Morgan fingerprint density at radius 1 is 0.576 bits per heavy atom. The largest absolute Gasteiger partial charge is 0.493 e. The van der Waals surface area contributed by atoms with Crippen LogP contribution in [0.25, 0.3) is 22.3 Å². The summed E-state index contributed by atoms with van der Waals surface area (Å²) >= 11 is 0. The Hall–Kier alpha value is -7.03. The SMILES string of the molecule is CC(=CC(=O)c1ccc(-c2ccc(CN3CC(C(=O)O)C3)cc2)cc1)c1cccc(C(F)(F)F)c1.COc1cc(C(=O)C=C(C)c2ccc(CN3CC(C(=O)O)C3)cc2)cc(OC)c1OC. The second-order valence-corrected chi connectivity index (χ2v) is 16.3. The van der Waals surface area contributed by atoms with Gasteiger partial charge in [-0.15, -0.1) is 0 Å². The molecule has 14 heteroatoms. The average Bonchev–Trinajstić information content (AvgIpc) is 3.28. The Balaban J connectivity index is 0.000000220. The molecule has 2 saturated heterocycles. The van der Waals surface area contributed by atoms with Gasteiger partial charge in [0.25, 0.3) is 0 Å². The predicted molar refractivity (Wildman–Crippen MR) is 245 cm³/mol. The Morgan fingerprint density at radius 3 is 1.44 bits per heavy atom. The summed E-state index contributed by atoms with van der Waals surface area (Å²) in [4.78, 5) is 51.5. The zero-order chi connectivity index (χ0) is 47.7. The second kappa shape index (κ2) is 21.3. The number of rotatable bonds is 16. The maximum absolute atomic E-state index is 13.0. The number of benzene rings is 5. The van der Waals surface area contributed by atoms with E-state index in [9.17, 15) is 32.3 Å². The molecule has 0 radical (unpaired) electrons. The number of carbonyl (C=O) groups is 4. The fourth-order valence-corrected chi connectivity index (χ4v) is 7.62. The van der Waals surface area contributed by atoms with Gasteiger partial charge in [0.05, 0.1) is 38.7 Å². The maximum Gasteiger partial charge on any atom is 0.416 e. The lowest BCUT2D eigenvalue weighted by Crippen LogP contribution is -2.49. The summed E-state index contributed by atoms with van der Waals surface area (Å²) in [6, 6.07) is 31.2. The monoisotopic (exact) mass is 904 g/mol. The van der Waals surface area contributed by atoms with Crippen molar-refractivity contribution in [2.45, 2.75) is 33.1 Å². The molecule has 0 saturated carbocycles. The van der Waals surface area contributed by atoms with Crippen LogP contribution in [0.5, 0.6) is 17.2 Å². The van der Waals surface area contributed by atoms with Gasteiger partial charge in [-0.25, -0.2) is 0 Å². The number of ether oxygens (including phenoxy) is 3. The van der Waals surface area contributed by atoms with E-state index in [-0.39, 0.29) is 23.4 Å². The molecular weight excluding hydrogens is 854 g/mol. The Labute approximate surface area is 381 Å². The molecule has 0 spiro atoms. The summed E-state index contributed by atoms with van der Waals surface area (Å²) in [5, 5.41) is 17.9. The van der Waals surface area contributed by atoms with Crippen molar-refractivity contribution >= 4 is 34.7 Å². The Kier molecular flexibility index (Phi) is 15.6. The number of allylic oxidation sites excluding steroid dienone is 4. The van der Waals surface area contributed by atoms with Crippen LogP contribution in [0.3, 0.4) is 0 Å².